The molecule has 1 amide bonds. The maximum absolute atomic E-state index is 12.3. The minimum absolute atomic E-state index is 0.0111. The van der Waals surface area contributed by atoms with Crippen LogP contribution in [0.4, 0.5) is 0 Å². The number of carbonyl (C=O) groups excluding carboxylic acids is 1. The molecule has 7 heteroatoms. The van der Waals surface area contributed by atoms with Crippen LogP contribution in [0, 0.1) is 12.3 Å². The first-order chi connectivity index (χ1) is 9.08. The normalized spacial score (nSPS) is 18.5. The molecule has 6 nitrogen and oxygen atoms in total. The van der Waals surface area contributed by atoms with Gasteiger partial charge in [0.05, 0.1) is 17.2 Å². The smallest absolute Gasteiger partial charge is 0.234 e. The molecule has 104 valence electrons. The summed E-state index contributed by atoms with van der Waals surface area (Å²) in [6, 6.07) is 0. The maximum atomic E-state index is 12.3. The number of thiazole rings is 1. The average molecular weight is 282 g/mol. The highest BCUT2D eigenvalue weighted by Crippen LogP contribution is 2.38. The number of oxime groups is 1. The first kappa shape index (κ1) is 13.8. The van der Waals surface area contributed by atoms with E-state index in [4.69, 9.17) is 10.9 Å². The summed E-state index contributed by atoms with van der Waals surface area (Å²) in [5, 5.41) is 17.6. The summed E-state index contributed by atoms with van der Waals surface area (Å²) in [5.41, 5.74) is 5.70. The number of hydrogen-bond acceptors (Lipinski definition) is 5. The molecule has 0 aliphatic heterocycles. The Kier molecular flexibility index (Phi) is 4.04. The van der Waals surface area contributed by atoms with E-state index in [-0.39, 0.29) is 11.7 Å². The third-order valence-corrected chi connectivity index (χ3v) is 4.41. The molecule has 1 aliphatic carbocycles. The van der Waals surface area contributed by atoms with Crippen LogP contribution in [0.2, 0.25) is 0 Å². The molecular weight excluding hydrogens is 264 g/mol. The average Bonchev–Trinajstić information content (AvgIpc) is 3.04. The van der Waals surface area contributed by atoms with E-state index in [1.807, 2.05) is 12.3 Å². The largest absolute Gasteiger partial charge is 0.409 e. The molecule has 0 radical (unpaired) electrons. The van der Waals surface area contributed by atoms with Crippen molar-refractivity contribution in [3.63, 3.8) is 0 Å². The van der Waals surface area contributed by atoms with Gasteiger partial charge in [0.15, 0.2) is 5.84 Å². The molecule has 2 rings (SSSR count). The second-order valence-corrected chi connectivity index (χ2v) is 5.88. The van der Waals surface area contributed by atoms with Crippen LogP contribution in [0.1, 0.15) is 36.4 Å². The first-order valence-electron chi connectivity index (χ1n) is 6.26. The number of carbonyl (C=O) groups is 1. The Morgan fingerprint density at radius 3 is 2.84 bits per heavy atom. The van der Waals surface area contributed by atoms with Gasteiger partial charge in [-0.3, -0.25) is 4.79 Å². The van der Waals surface area contributed by atoms with Crippen LogP contribution in [0.25, 0.3) is 0 Å². The van der Waals surface area contributed by atoms with Gasteiger partial charge in [-0.2, -0.15) is 0 Å². The molecule has 0 bridgehead atoms. The molecular formula is C12H18N4O2S. The summed E-state index contributed by atoms with van der Waals surface area (Å²) in [7, 11) is 0. The zero-order chi connectivity index (χ0) is 13.9. The van der Waals surface area contributed by atoms with Gasteiger partial charge in [-0.15, -0.1) is 11.3 Å². The summed E-state index contributed by atoms with van der Waals surface area (Å²) < 4.78 is 0. The molecule has 19 heavy (non-hydrogen) atoms. The van der Waals surface area contributed by atoms with E-state index in [2.05, 4.69) is 15.5 Å². The van der Waals surface area contributed by atoms with E-state index in [9.17, 15) is 4.79 Å². The number of amidine groups is 1. The number of hydrogen-bond donors (Lipinski definition) is 3. The highest BCUT2D eigenvalue weighted by molar-refractivity contribution is 7.09. The monoisotopic (exact) mass is 282 g/mol. The lowest BCUT2D eigenvalue weighted by atomic mass is 9.84. The van der Waals surface area contributed by atoms with Gasteiger partial charge in [-0.05, 0) is 19.8 Å². The van der Waals surface area contributed by atoms with Gasteiger partial charge in [-0.25, -0.2) is 4.98 Å². The van der Waals surface area contributed by atoms with Crippen molar-refractivity contribution in [2.75, 3.05) is 0 Å². The number of amides is 1. The lowest BCUT2D eigenvalue weighted by Gasteiger charge is -2.25. The van der Waals surface area contributed by atoms with E-state index >= 15 is 0 Å². The van der Waals surface area contributed by atoms with Gasteiger partial charge in [-0.1, -0.05) is 18.0 Å². The van der Waals surface area contributed by atoms with Crippen LogP contribution in [-0.4, -0.2) is 21.9 Å². The van der Waals surface area contributed by atoms with Crippen LogP contribution in [0.15, 0.2) is 10.5 Å². The predicted molar refractivity (Wildman–Crippen MR) is 73.0 cm³/mol. The van der Waals surface area contributed by atoms with Gasteiger partial charge in [0.25, 0.3) is 0 Å². The number of rotatable bonds is 4. The predicted octanol–water partition coefficient (Wildman–Crippen LogP) is 1.37. The topological polar surface area (TPSA) is 101 Å². The molecule has 0 aromatic carbocycles. The van der Waals surface area contributed by atoms with Crippen molar-refractivity contribution in [2.24, 2.45) is 16.3 Å². The Bertz CT molecular complexity index is 492. The van der Waals surface area contributed by atoms with E-state index in [1.54, 1.807) is 11.3 Å². The fraction of sp³-hybridized carbons (Fsp3) is 0.583. The van der Waals surface area contributed by atoms with E-state index in [0.29, 0.717) is 19.4 Å². The molecule has 0 atom stereocenters. The highest BCUT2D eigenvalue weighted by Gasteiger charge is 2.45. The van der Waals surface area contributed by atoms with Crippen LogP contribution in [0.3, 0.4) is 0 Å². The first-order valence-corrected chi connectivity index (χ1v) is 7.14. The summed E-state index contributed by atoms with van der Waals surface area (Å²) >= 11 is 1.55. The summed E-state index contributed by atoms with van der Waals surface area (Å²) in [6.07, 6.45) is 3.09. The third kappa shape index (κ3) is 2.70. The minimum atomic E-state index is -0.847. The molecule has 1 saturated carbocycles. The van der Waals surface area contributed by atoms with Crippen molar-refractivity contribution in [2.45, 2.75) is 39.2 Å². The summed E-state index contributed by atoms with van der Waals surface area (Å²) in [5.74, 6) is -0.164. The Balaban J connectivity index is 2.04. The molecule has 1 aliphatic rings. The molecule has 4 N–H and O–H groups in total. The van der Waals surface area contributed by atoms with Gasteiger partial charge >= 0.3 is 0 Å². The second kappa shape index (κ2) is 5.56. The number of aromatic nitrogens is 1. The van der Waals surface area contributed by atoms with Crippen molar-refractivity contribution >= 4 is 23.1 Å². The molecule has 1 heterocycles. The number of nitrogens with two attached hydrogens (primary N) is 1. The summed E-state index contributed by atoms with van der Waals surface area (Å²) in [4.78, 5) is 16.6. The molecule has 0 saturated heterocycles. The van der Waals surface area contributed by atoms with Crippen molar-refractivity contribution in [1.82, 2.24) is 10.3 Å². The van der Waals surface area contributed by atoms with Gasteiger partial charge in [0, 0.05) is 5.38 Å². The van der Waals surface area contributed by atoms with Gasteiger partial charge in [0.2, 0.25) is 5.91 Å². The minimum Gasteiger partial charge on any atom is -0.409 e. The third-order valence-electron chi connectivity index (χ3n) is 3.59. The Morgan fingerprint density at radius 2 is 2.32 bits per heavy atom. The van der Waals surface area contributed by atoms with Crippen molar-refractivity contribution < 1.29 is 10.0 Å². The quantitative estimate of drug-likeness (QED) is 0.336. The number of nitrogens with one attached hydrogen (secondary N) is 1. The number of nitrogens with zero attached hydrogens (tertiary/aromatic N) is 2. The van der Waals surface area contributed by atoms with Crippen molar-refractivity contribution in [3.8, 4) is 0 Å². The van der Waals surface area contributed by atoms with Crippen molar-refractivity contribution in [3.05, 3.63) is 16.1 Å². The Morgan fingerprint density at radius 1 is 1.63 bits per heavy atom. The molecule has 1 aromatic heterocycles. The maximum Gasteiger partial charge on any atom is 0.234 e. The SMILES string of the molecule is Cc1nc(CNC(=O)C2(C(N)=NO)CCCC2)cs1. The van der Waals surface area contributed by atoms with E-state index in [0.717, 1.165) is 23.5 Å². The van der Waals surface area contributed by atoms with E-state index in [1.165, 1.54) is 0 Å². The zero-order valence-corrected chi connectivity index (χ0v) is 11.7. The van der Waals surface area contributed by atoms with Crippen LogP contribution >= 0.6 is 11.3 Å². The van der Waals surface area contributed by atoms with Crippen LogP contribution < -0.4 is 11.1 Å². The Labute approximate surface area is 115 Å². The number of aryl methyl sites for hydroxylation is 1. The fourth-order valence-corrected chi connectivity index (χ4v) is 3.12. The Hall–Kier alpha value is -1.63. The van der Waals surface area contributed by atoms with Crippen molar-refractivity contribution in [1.29, 1.82) is 0 Å². The van der Waals surface area contributed by atoms with Gasteiger partial charge in [0.1, 0.15) is 5.41 Å². The zero-order valence-electron chi connectivity index (χ0n) is 10.8. The lowest BCUT2D eigenvalue weighted by Crippen LogP contribution is -2.48. The lowest BCUT2D eigenvalue weighted by molar-refractivity contribution is -0.127. The van der Waals surface area contributed by atoms with E-state index < -0.39 is 5.41 Å². The molecule has 1 fully saturated rings. The van der Waals surface area contributed by atoms with Crippen LogP contribution in [-0.2, 0) is 11.3 Å². The van der Waals surface area contributed by atoms with Gasteiger partial charge < -0.3 is 16.3 Å². The molecule has 0 unspecified atom stereocenters. The fourth-order valence-electron chi connectivity index (χ4n) is 2.50. The summed E-state index contributed by atoms with van der Waals surface area (Å²) in [6.45, 7) is 2.30. The molecule has 0 spiro atoms. The van der Waals surface area contributed by atoms with Crippen LogP contribution in [0.5, 0.6) is 0 Å². The standard InChI is InChI=1S/C12H18N4O2S/c1-8-15-9(7-19-8)6-14-11(17)12(10(13)16-18)4-2-3-5-12/h7,18H,2-6H2,1H3,(H2,13,16)(H,14,17). The second-order valence-electron chi connectivity index (χ2n) is 4.81. The highest BCUT2D eigenvalue weighted by atomic mass is 32.1. The molecule has 1 aromatic rings.